The fourth-order valence-corrected chi connectivity index (χ4v) is 4.52. The van der Waals surface area contributed by atoms with Crippen LogP contribution in [0.15, 0.2) is 29.9 Å². The molecular formula is C27H36O7. The Balaban J connectivity index is 2.92. The first-order valence-corrected chi connectivity index (χ1v) is 11.7. The van der Waals surface area contributed by atoms with E-state index in [4.69, 9.17) is 14.2 Å². The van der Waals surface area contributed by atoms with E-state index in [0.29, 0.717) is 29.5 Å². The molecule has 0 aliphatic heterocycles. The lowest BCUT2D eigenvalue weighted by Crippen LogP contribution is -2.23. The van der Waals surface area contributed by atoms with Crippen molar-refractivity contribution in [1.82, 2.24) is 0 Å². The third kappa shape index (κ3) is 6.56. The molecule has 186 valence electrons. The molecule has 0 amide bonds. The lowest BCUT2D eigenvalue weighted by atomic mass is 9.73. The molecule has 7 nitrogen and oxygen atoms in total. The molecule has 7 heteroatoms. The van der Waals surface area contributed by atoms with Crippen molar-refractivity contribution in [2.45, 2.75) is 72.1 Å². The Morgan fingerprint density at radius 2 is 1.82 bits per heavy atom. The minimum absolute atomic E-state index is 0.0382. The third-order valence-electron chi connectivity index (χ3n) is 6.11. The summed E-state index contributed by atoms with van der Waals surface area (Å²) in [5.41, 5.74) is 2.86. The Kier molecular flexibility index (Phi) is 10.1. The number of carbonyl (C=O) groups excluding carboxylic acids is 3. The second kappa shape index (κ2) is 12.5. The highest BCUT2D eigenvalue weighted by molar-refractivity contribution is 5.96. The SMILES string of the molecule is C=C(CO)[C@@H]1CCC(C)=C[C@H]1c1c(OC(C)=O)cc(CCCCC)c(C(=O)OC)c1OC(C)=O. The van der Waals surface area contributed by atoms with Crippen LogP contribution < -0.4 is 9.47 Å². The van der Waals surface area contributed by atoms with Crippen LogP contribution in [0, 0.1) is 5.92 Å². The Hall–Kier alpha value is -2.93. The summed E-state index contributed by atoms with van der Waals surface area (Å²) in [4.78, 5) is 37.2. The zero-order chi connectivity index (χ0) is 25.4. The van der Waals surface area contributed by atoms with Crippen LogP contribution in [0.25, 0.3) is 0 Å². The summed E-state index contributed by atoms with van der Waals surface area (Å²) in [6.45, 7) is 10.4. The number of aliphatic hydroxyl groups is 1. The van der Waals surface area contributed by atoms with Gasteiger partial charge in [-0.25, -0.2) is 4.79 Å². The number of methoxy groups -OCH3 is 1. The monoisotopic (exact) mass is 472 g/mol. The van der Waals surface area contributed by atoms with E-state index < -0.39 is 23.8 Å². The molecule has 0 aromatic heterocycles. The number of unbranched alkanes of at least 4 members (excludes halogenated alkanes) is 2. The lowest BCUT2D eigenvalue weighted by Gasteiger charge is -2.33. The molecule has 1 aromatic rings. The number of aryl methyl sites for hydroxylation is 1. The van der Waals surface area contributed by atoms with Gasteiger partial charge in [-0.2, -0.15) is 0 Å². The summed E-state index contributed by atoms with van der Waals surface area (Å²) in [7, 11) is 1.27. The first-order chi connectivity index (χ1) is 16.1. The summed E-state index contributed by atoms with van der Waals surface area (Å²) in [5, 5.41) is 9.83. The van der Waals surface area contributed by atoms with Gasteiger partial charge in [-0.15, -0.1) is 0 Å². The van der Waals surface area contributed by atoms with Crippen LogP contribution in [0.4, 0.5) is 0 Å². The van der Waals surface area contributed by atoms with Crippen molar-refractivity contribution in [3.8, 4) is 11.5 Å². The van der Waals surface area contributed by atoms with Crippen LogP contribution in [0.5, 0.6) is 11.5 Å². The van der Waals surface area contributed by atoms with Crippen molar-refractivity contribution in [3.63, 3.8) is 0 Å². The summed E-state index contributed by atoms with van der Waals surface area (Å²) >= 11 is 0. The van der Waals surface area contributed by atoms with Gasteiger partial charge in [0.15, 0.2) is 5.75 Å². The van der Waals surface area contributed by atoms with Crippen LogP contribution in [-0.2, 0) is 20.7 Å². The zero-order valence-corrected chi connectivity index (χ0v) is 20.9. The van der Waals surface area contributed by atoms with Crippen LogP contribution >= 0.6 is 0 Å². The highest BCUT2D eigenvalue weighted by Crippen LogP contribution is 2.49. The van der Waals surface area contributed by atoms with Crippen molar-refractivity contribution in [3.05, 3.63) is 46.6 Å². The summed E-state index contributed by atoms with van der Waals surface area (Å²) in [6, 6.07) is 1.68. The number of rotatable bonds is 10. The summed E-state index contributed by atoms with van der Waals surface area (Å²) in [5.74, 6) is -2.13. The number of carbonyl (C=O) groups is 3. The number of esters is 3. The van der Waals surface area contributed by atoms with E-state index >= 15 is 0 Å². The number of aliphatic hydroxyl groups excluding tert-OH is 1. The predicted octanol–water partition coefficient (Wildman–Crippen LogP) is 5.04. The molecule has 1 aliphatic rings. The van der Waals surface area contributed by atoms with Crippen LogP contribution in [0.2, 0.25) is 0 Å². The second-order valence-corrected chi connectivity index (χ2v) is 8.79. The van der Waals surface area contributed by atoms with Gasteiger partial charge >= 0.3 is 17.9 Å². The van der Waals surface area contributed by atoms with E-state index in [2.05, 4.69) is 13.5 Å². The average Bonchev–Trinajstić information content (AvgIpc) is 2.77. The first-order valence-electron chi connectivity index (χ1n) is 11.7. The number of hydrogen-bond donors (Lipinski definition) is 1. The lowest BCUT2D eigenvalue weighted by molar-refractivity contribution is -0.132. The van der Waals surface area contributed by atoms with Gasteiger partial charge in [0.05, 0.1) is 13.7 Å². The van der Waals surface area contributed by atoms with E-state index in [1.54, 1.807) is 6.07 Å². The molecule has 2 rings (SSSR count). The molecule has 0 saturated carbocycles. The van der Waals surface area contributed by atoms with E-state index in [1.807, 2.05) is 13.0 Å². The van der Waals surface area contributed by atoms with Crippen LogP contribution in [-0.4, -0.2) is 36.7 Å². The van der Waals surface area contributed by atoms with Gasteiger partial charge in [0.2, 0.25) is 0 Å². The molecule has 1 aromatic carbocycles. The minimum Gasteiger partial charge on any atom is -0.465 e. The highest BCUT2D eigenvalue weighted by Gasteiger charge is 2.36. The number of allylic oxidation sites excluding steroid dienone is 2. The van der Waals surface area contributed by atoms with Crippen molar-refractivity contribution >= 4 is 17.9 Å². The van der Waals surface area contributed by atoms with Gasteiger partial charge < -0.3 is 19.3 Å². The van der Waals surface area contributed by atoms with Crippen LogP contribution in [0.1, 0.15) is 87.2 Å². The summed E-state index contributed by atoms with van der Waals surface area (Å²) < 4.78 is 16.4. The standard InChI is InChI=1S/C27H36O7/c1-7-8-9-10-20-14-23(33-18(4)29)25(26(34-19(5)30)24(20)27(31)32-6)22-13-16(2)11-12-21(22)17(3)15-28/h13-14,21-22,28H,3,7-12,15H2,1-2,4-6H3/t21-,22+/m0/s1. The van der Waals surface area contributed by atoms with Gasteiger partial charge in [-0.05, 0) is 55.7 Å². The Morgan fingerprint density at radius 1 is 1.15 bits per heavy atom. The third-order valence-corrected chi connectivity index (χ3v) is 6.11. The maximum Gasteiger partial charge on any atom is 0.341 e. The maximum atomic E-state index is 13.0. The number of ether oxygens (including phenoxy) is 3. The molecule has 0 unspecified atom stereocenters. The van der Waals surface area contributed by atoms with Crippen molar-refractivity contribution in [2.24, 2.45) is 5.92 Å². The number of hydrogen-bond acceptors (Lipinski definition) is 7. The molecule has 1 N–H and O–H groups in total. The Morgan fingerprint density at radius 3 is 2.38 bits per heavy atom. The van der Waals surface area contributed by atoms with Gasteiger partial charge in [-0.3, -0.25) is 9.59 Å². The molecule has 1 aliphatic carbocycles. The fraction of sp³-hybridized carbons (Fsp3) is 0.519. The Labute approximate surface area is 201 Å². The van der Waals surface area contributed by atoms with Crippen molar-refractivity contribution in [1.29, 1.82) is 0 Å². The maximum absolute atomic E-state index is 13.0. The molecule has 0 fully saturated rings. The van der Waals surface area contributed by atoms with Gasteiger partial charge in [-0.1, -0.05) is 38.0 Å². The van der Waals surface area contributed by atoms with Crippen LogP contribution in [0.3, 0.4) is 0 Å². The predicted molar refractivity (Wildman–Crippen MR) is 129 cm³/mol. The number of benzene rings is 1. The molecule has 0 heterocycles. The van der Waals surface area contributed by atoms with Gasteiger partial charge in [0.1, 0.15) is 11.3 Å². The molecule has 0 saturated heterocycles. The van der Waals surface area contributed by atoms with Crippen molar-refractivity contribution in [2.75, 3.05) is 13.7 Å². The topological polar surface area (TPSA) is 99.1 Å². The summed E-state index contributed by atoms with van der Waals surface area (Å²) in [6.07, 6.45) is 6.76. The van der Waals surface area contributed by atoms with E-state index in [0.717, 1.165) is 31.3 Å². The van der Waals surface area contributed by atoms with Gasteiger partial charge in [0, 0.05) is 25.3 Å². The van der Waals surface area contributed by atoms with E-state index in [-0.39, 0.29) is 29.6 Å². The van der Waals surface area contributed by atoms with Crippen molar-refractivity contribution < 1.29 is 33.7 Å². The van der Waals surface area contributed by atoms with E-state index in [9.17, 15) is 19.5 Å². The molecule has 0 spiro atoms. The largest absolute Gasteiger partial charge is 0.465 e. The quantitative estimate of drug-likeness (QED) is 0.220. The molecule has 34 heavy (non-hydrogen) atoms. The normalized spacial score (nSPS) is 17.5. The first kappa shape index (κ1) is 27.3. The molecule has 2 atom stereocenters. The highest BCUT2D eigenvalue weighted by atomic mass is 16.6. The molecule has 0 radical (unpaired) electrons. The molecular weight excluding hydrogens is 436 g/mol. The second-order valence-electron chi connectivity index (χ2n) is 8.79. The zero-order valence-electron chi connectivity index (χ0n) is 20.9. The fourth-order valence-electron chi connectivity index (χ4n) is 4.52. The van der Waals surface area contributed by atoms with Gasteiger partial charge in [0.25, 0.3) is 0 Å². The minimum atomic E-state index is -0.632. The van der Waals surface area contributed by atoms with E-state index in [1.165, 1.54) is 21.0 Å². The smallest absolute Gasteiger partial charge is 0.341 e. The molecule has 0 bridgehead atoms. The average molecular weight is 473 g/mol. The Bertz CT molecular complexity index is 974.